The molecule has 1 atom stereocenters. The first kappa shape index (κ1) is 11.9. The van der Waals surface area contributed by atoms with Crippen LogP contribution in [-0.2, 0) is 9.59 Å². The van der Waals surface area contributed by atoms with Crippen LogP contribution in [0.2, 0.25) is 0 Å². The van der Waals surface area contributed by atoms with E-state index in [0.717, 1.165) is 18.8 Å². The zero-order valence-electron chi connectivity index (χ0n) is 8.23. The summed E-state index contributed by atoms with van der Waals surface area (Å²) >= 11 is 5.41. The van der Waals surface area contributed by atoms with E-state index in [1.807, 2.05) is 4.90 Å². The fourth-order valence-corrected chi connectivity index (χ4v) is 2.47. The molecule has 0 N–H and O–H groups in total. The first-order valence-electron chi connectivity index (χ1n) is 4.65. The Morgan fingerprint density at radius 1 is 1.71 bits per heavy atom. The zero-order chi connectivity index (χ0) is 10.6. The van der Waals surface area contributed by atoms with Gasteiger partial charge < -0.3 is 4.90 Å². The van der Waals surface area contributed by atoms with Crippen LogP contribution in [0.5, 0.6) is 0 Å². The molecule has 1 heterocycles. The lowest BCUT2D eigenvalue weighted by Gasteiger charge is -2.14. The molecule has 1 aliphatic rings. The Kier molecular flexibility index (Phi) is 4.81. The van der Waals surface area contributed by atoms with Crippen LogP contribution in [0.25, 0.3) is 0 Å². The van der Waals surface area contributed by atoms with E-state index in [9.17, 15) is 9.59 Å². The van der Waals surface area contributed by atoms with Gasteiger partial charge in [0.1, 0.15) is 0 Å². The number of hydrogen-bond acceptors (Lipinski definition) is 4. The highest BCUT2D eigenvalue weighted by Crippen LogP contribution is 2.21. The largest absolute Gasteiger partial charge is 0.342 e. The zero-order valence-corrected chi connectivity index (χ0v) is 9.94. The molecule has 0 bridgehead atoms. The van der Waals surface area contributed by atoms with E-state index in [2.05, 4.69) is 12.6 Å². The Balaban J connectivity index is 2.31. The van der Waals surface area contributed by atoms with Gasteiger partial charge in [-0.3, -0.25) is 9.59 Å². The molecule has 1 unspecified atom stereocenters. The molecule has 3 nitrogen and oxygen atoms in total. The van der Waals surface area contributed by atoms with Gasteiger partial charge in [0.05, 0.1) is 0 Å². The van der Waals surface area contributed by atoms with Gasteiger partial charge in [-0.1, -0.05) is 11.8 Å². The van der Waals surface area contributed by atoms with Gasteiger partial charge >= 0.3 is 0 Å². The molecule has 1 saturated heterocycles. The molecule has 0 spiro atoms. The fourth-order valence-electron chi connectivity index (χ4n) is 1.54. The average Bonchev–Trinajstić information content (AvgIpc) is 2.45. The van der Waals surface area contributed by atoms with Crippen LogP contribution >= 0.6 is 24.4 Å². The van der Waals surface area contributed by atoms with Crippen molar-refractivity contribution in [1.82, 2.24) is 4.90 Å². The Labute approximate surface area is 94.0 Å². The van der Waals surface area contributed by atoms with E-state index in [-0.39, 0.29) is 11.0 Å². The molecule has 1 aliphatic heterocycles. The summed E-state index contributed by atoms with van der Waals surface area (Å²) in [5.74, 6) is 2.02. The highest BCUT2D eigenvalue weighted by atomic mass is 32.2. The van der Waals surface area contributed by atoms with E-state index >= 15 is 0 Å². The molecule has 14 heavy (non-hydrogen) atoms. The molecule has 0 aromatic heterocycles. The summed E-state index contributed by atoms with van der Waals surface area (Å²) in [7, 11) is 0. The number of likely N-dealkylation sites (tertiary alicyclic amines) is 1. The SMILES string of the molecule is CC(=O)SCC1CC(=O)N(CCS)C1. The lowest BCUT2D eigenvalue weighted by atomic mass is 10.1. The second kappa shape index (κ2) is 5.66. The molecular formula is C9H15NO2S2. The number of amides is 1. The predicted octanol–water partition coefficient (Wildman–Crippen LogP) is 1.04. The summed E-state index contributed by atoms with van der Waals surface area (Å²) in [6.07, 6.45) is 0.591. The number of nitrogens with zero attached hydrogens (tertiary/aromatic N) is 1. The second-order valence-corrected chi connectivity index (χ2v) is 5.08. The van der Waals surface area contributed by atoms with E-state index in [0.29, 0.717) is 18.1 Å². The van der Waals surface area contributed by atoms with Gasteiger partial charge in [0.25, 0.3) is 0 Å². The Bertz CT molecular complexity index is 233. The Morgan fingerprint density at radius 2 is 2.43 bits per heavy atom. The molecule has 1 rings (SSSR count). The molecule has 1 fully saturated rings. The Morgan fingerprint density at radius 3 is 3.00 bits per heavy atom. The normalized spacial score (nSPS) is 21.7. The predicted molar refractivity (Wildman–Crippen MR) is 61.7 cm³/mol. The van der Waals surface area contributed by atoms with Crippen molar-refractivity contribution >= 4 is 35.4 Å². The standard InChI is InChI=1S/C9H15NO2S2/c1-7(11)14-6-8-4-9(12)10(5-8)2-3-13/h8,13H,2-6H2,1H3. The summed E-state index contributed by atoms with van der Waals surface area (Å²) in [4.78, 5) is 24.0. The van der Waals surface area contributed by atoms with Crippen LogP contribution in [0, 0.1) is 5.92 Å². The number of rotatable bonds is 4. The van der Waals surface area contributed by atoms with Crippen molar-refractivity contribution in [1.29, 1.82) is 0 Å². The van der Waals surface area contributed by atoms with Gasteiger partial charge in [0, 0.05) is 37.9 Å². The smallest absolute Gasteiger partial charge is 0.222 e. The van der Waals surface area contributed by atoms with E-state index in [4.69, 9.17) is 0 Å². The molecule has 0 aromatic carbocycles. The summed E-state index contributed by atoms with van der Waals surface area (Å²) in [6, 6.07) is 0. The fraction of sp³-hybridized carbons (Fsp3) is 0.778. The highest BCUT2D eigenvalue weighted by molar-refractivity contribution is 8.13. The molecule has 5 heteroatoms. The van der Waals surface area contributed by atoms with Crippen molar-refractivity contribution < 1.29 is 9.59 Å². The van der Waals surface area contributed by atoms with E-state index in [1.54, 1.807) is 6.92 Å². The van der Waals surface area contributed by atoms with E-state index in [1.165, 1.54) is 11.8 Å². The second-order valence-electron chi connectivity index (χ2n) is 3.44. The maximum Gasteiger partial charge on any atom is 0.222 e. The quantitative estimate of drug-likeness (QED) is 0.737. The minimum atomic E-state index is 0.130. The molecular weight excluding hydrogens is 218 g/mol. The van der Waals surface area contributed by atoms with Crippen LogP contribution < -0.4 is 0 Å². The number of carbonyl (C=O) groups is 2. The summed E-state index contributed by atoms with van der Waals surface area (Å²) in [5.41, 5.74) is 0. The van der Waals surface area contributed by atoms with Crippen molar-refractivity contribution in [2.24, 2.45) is 5.92 Å². The molecule has 80 valence electrons. The topological polar surface area (TPSA) is 37.4 Å². The van der Waals surface area contributed by atoms with Crippen LogP contribution in [-0.4, -0.2) is 40.5 Å². The molecule has 0 saturated carbocycles. The number of carbonyl (C=O) groups excluding carboxylic acids is 2. The van der Waals surface area contributed by atoms with Crippen molar-refractivity contribution in [3.8, 4) is 0 Å². The van der Waals surface area contributed by atoms with Crippen molar-refractivity contribution in [3.05, 3.63) is 0 Å². The lowest BCUT2D eigenvalue weighted by Crippen LogP contribution is -2.27. The van der Waals surface area contributed by atoms with Gasteiger partial charge in [0.2, 0.25) is 5.91 Å². The van der Waals surface area contributed by atoms with Gasteiger partial charge in [0.15, 0.2) is 5.12 Å². The van der Waals surface area contributed by atoms with Crippen molar-refractivity contribution in [2.75, 3.05) is 24.6 Å². The van der Waals surface area contributed by atoms with Crippen LogP contribution in [0.3, 0.4) is 0 Å². The third kappa shape index (κ3) is 3.53. The van der Waals surface area contributed by atoms with Crippen LogP contribution in [0.1, 0.15) is 13.3 Å². The van der Waals surface area contributed by atoms with Gasteiger partial charge in [-0.05, 0) is 5.92 Å². The van der Waals surface area contributed by atoms with Crippen molar-refractivity contribution in [2.45, 2.75) is 13.3 Å². The maximum absolute atomic E-state index is 11.4. The number of hydrogen-bond donors (Lipinski definition) is 1. The summed E-state index contributed by atoms with van der Waals surface area (Å²) < 4.78 is 0. The first-order chi connectivity index (χ1) is 6.63. The third-order valence-electron chi connectivity index (χ3n) is 2.19. The number of thioether (sulfide) groups is 1. The van der Waals surface area contributed by atoms with Gasteiger partial charge in [-0.25, -0.2) is 0 Å². The molecule has 1 amide bonds. The third-order valence-corrected chi connectivity index (χ3v) is 3.43. The van der Waals surface area contributed by atoms with Gasteiger partial charge in [-0.15, -0.1) is 0 Å². The molecule has 0 aliphatic carbocycles. The first-order valence-corrected chi connectivity index (χ1v) is 6.27. The minimum absolute atomic E-state index is 0.130. The molecule has 0 aromatic rings. The summed E-state index contributed by atoms with van der Waals surface area (Å²) in [5, 5.41) is 0.130. The van der Waals surface area contributed by atoms with Crippen molar-refractivity contribution in [3.63, 3.8) is 0 Å². The minimum Gasteiger partial charge on any atom is -0.342 e. The molecule has 0 radical (unpaired) electrons. The average molecular weight is 233 g/mol. The number of thiol groups is 1. The van der Waals surface area contributed by atoms with Crippen LogP contribution in [0.4, 0.5) is 0 Å². The highest BCUT2D eigenvalue weighted by Gasteiger charge is 2.28. The monoisotopic (exact) mass is 233 g/mol. The lowest BCUT2D eigenvalue weighted by molar-refractivity contribution is -0.127. The van der Waals surface area contributed by atoms with Crippen LogP contribution in [0.15, 0.2) is 0 Å². The van der Waals surface area contributed by atoms with Gasteiger partial charge in [-0.2, -0.15) is 12.6 Å². The van der Waals surface area contributed by atoms with E-state index < -0.39 is 0 Å². The maximum atomic E-state index is 11.4. The summed E-state index contributed by atoms with van der Waals surface area (Å²) in [6.45, 7) is 3.08. The Hall–Kier alpha value is -0.160.